The van der Waals surface area contributed by atoms with Gasteiger partial charge in [-0.25, -0.2) is 13.2 Å². The molecule has 1 unspecified atom stereocenters. The molecule has 2 saturated heterocycles. The van der Waals surface area contributed by atoms with Gasteiger partial charge in [-0.2, -0.15) is 0 Å². The first kappa shape index (κ1) is 17.1. The van der Waals surface area contributed by atoms with Gasteiger partial charge in [-0.1, -0.05) is 0 Å². The third kappa shape index (κ3) is 3.38. The zero-order chi connectivity index (χ0) is 17.6. The van der Waals surface area contributed by atoms with Crippen LogP contribution >= 0.6 is 11.3 Å². The third-order valence-electron chi connectivity index (χ3n) is 5.76. The monoisotopic (exact) mass is 373 g/mol. The maximum absolute atomic E-state index is 13.3. The standard InChI is InChI=1S/C17H22F3N3OS/c18-10-3-14(21-5-10)17(24)22-13-2-1-9-6-23(7-12(9)13)11-4-15(16(19)20)25-8-11/h4,8-10,12-14,16,21H,1-3,5-7H2,(H,22,24)/t9-,10?,12+,13+,14+/m1/s1. The quantitative estimate of drug-likeness (QED) is 0.853. The number of anilines is 1. The van der Waals surface area contributed by atoms with Crippen molar-refractivity contribution in [3.8, 4) is 0 Å². The minimum atomic E-state index is -2.42. The predicted molar refractivity (Wildman–Crippen MR) is 90.9 cm³/mol. The van der Waals surface area contributed by atoms with Gasteiger partial charge in [-0.15, -0.1) is 11.3 Å². The molecule has 5 atom stereocenters. The van der Waals surface area contributed by atoms with Crippen LogP contribution in [0.2, 0.25) is 0 Å². The predicted octanol–water partition coefficient (Wildman–Crippen LogP) is 2.72. The lowest BCUT2D eigenvalue weighted by Crippen LogP contribution is -2.47. The van der Waals surface area contributed by atoms with Crippen LogP contribution < -0.4 is 15.5 Å². The molecule has 2 aliphatic heterocycles. The van der Waals surface area contributed by atoms with E-state index in [9.17, 15) is 18.0 Å². The molecule has 4 nitrogen and oxygen atoms in total. The summed E-state index contributed by atoms with van der Waals surface area (Å²) in [5.74, 6) is 0.701. The second-order valence-corrected chi connectivity index (χ2v) is 8.27. The average molecular weight is 373 g/mol. The number of rotatable bonds is 4. The summed E-state index contributed by atoms with van der Waals surface area (Å²) in [6, 6.07) is 1.24. The fraction of sp³-hybridized carbons (Fsp3) is 0.706. The van der Waals surface area contributed by atoms with Crippen LogP contribution in [0.4, 0.5) is 18.9 Å². The Kier molecular flexibility index (Phi) is 4.66. The molecule has 0 spiro atoms. The van der Waals surface area contributed by atoms with Crippen molar-refractivity contribution in [1.82, 2.24) is 10.6 Å². The van der Waals surface area contributed by atoms with Crippen LogP contribution in [-0.4, -0.2) is 43.8 Å². The second-order valence-electron chi connectivity index (χ2n) is 7.32. The minimum absolute atomic E-state index is 0.0937. The largest absolute Gasteiger partial charge is 0.370 e. The molecule has 1 aromatic heterocycles. The van der Waals surface area contributed by atoms with E-state index < -0.39 is 18.6 Å². The van der Waals surface area contributed by atoms with E-state index in [0.717, 1.165) is 43.0 Å². The molecule has 0 aromatic carbocycles. The topological polar surface area (TPSA) is 44.4 Å². The Balaban J connectivity index is 1.37. The highest BCUT2D eigenvalue weighted by Gasteiger charge is 2.44. The highest BCUT2D eigenvalue weighted by Crippen LogP contribution is 2.41. The van der Waals surface area contributed by atoms with Crippen LogP contribution in [-0.2, 0) is 4.79 Å². The molecular weight excluding hydrogens is 351 g/mol. The number of alkyl halides is 3. The summed E-state index contributed by atoms with van der Waals surface area (Å²) in [6.45, 7) is 1.87. The Hall–Kier alpha value is -1.28. The first-order chi connectivity index (χ1) is 12.0. The molecule has 1 saturated carbocycles. The van der Waals surface area contributed by atoms with E-state index in [4.69, 9.17) is 0 Å². The van der Waals surface area contributed by atoms with Gasteiger partial charge < -0.3 is 15.5 Å². The normalized spacial score (nSPS) is 34.7. The van der Waals surface area contributed by atoms with Crippen LogP contribution in [0.5, 0.6) is 0 Å². The van der Waals surface area contributed by atoms with E-state index >= 15 is 0 Å². The summed E-state index contributed by atoms with van der Waals surface area (Å²) in [7, 11) is 0. The number of halogens is 3. The van der Waals surface area contributed by atoms with Gasteiger partial charge in [0.2, 0.25) is 5.91 Å². The lowest BCUT2D eigenvalue weighted by Gasteiger charge is -2.23. The lowest BCUT2D eigenvalue weighted by atomic mass is 9.97. The number of carbonyl (C=O) groups is 1. The summed E-state index contributed by atoms with van der Waals surface area (Å²) >= 11 is 1.10. The van der Waals surface area contributed by atoms with E-state index in [1.165, 1.54) is 0 Å². The van der Waals surface area contributed by atoms with E-state index in [-0.39, 0.29) is 29.8 Å². The van der Waals surface area contributed by atoms with Gasteiger partial charge in [0, 0.05) is 49.1 Å². The first-order valence-corrected chi connectivity index (χ1v) is 9.68. The van der Waals surface area contributed by atoms with E-state index in [0.29, 0.717) is 11.8 Å². The molecule has 1 aliphatic carbocycles. The summed E-state index contributed by atoms with van der Waals surface area (Å²) < 4.78 is 38.8. The van der Waals surface area contributed by atoms with E-state index in [1.54, 1.807) is 11.4 Å². The zero-order valence-corrected chi connectivity index (χ0v) is 14.6. The summed E-state index contributed by atoms with van der Waals surface area (Å²) in [5.41, 5.74) is 0.859. The van der Waals surface area contributed by atoms with Crippen molar-refractivity contribution in [1.29, 1.82) is 0 Å². The molecule has 138 valence electrons. The van der Waals surface area contributed by atoms with Crippen molar-refractivity contribution in [2.45, 2.75) is 43.9 Å². The molecule has 2 N–H and O–H groups in total. The van der Waals surface area contributed by atoms with Crippen LogP contribution in [0.3, 0.4) is 0 Å². The number of fused-ring (bicyclic) bond motifs is 1. The number of carbonyl (C=O) groups excluding carboxylic acids is 1. The molecule has 3 aliphatic rings. The molecule has 25 heavy (non-hydrogen) atoms. The summed E-state index contributed by atoms with van der Waals surface area (Å²) in [5, 5.41) is 7.81. The summed E-state index contributed by atoms with van der Waals surface area (Å²) in [4.78, 5) is 14.6. The number of nitrogens with zero attached hydrogens (tertiary/aromatic N) is 1. The van der Waals surface area contributed by atoms with Gasteiger partial charge in [-0.3, -0.25) is 4.79 Å². The Morgan fingerprint density at radius 1 is 1.36 bits per heavy atom. The highest BCUT2D eigenvalue weighted by molar-refractivity contribution is 7.10. The van der Waals surface area contributed by atoms with Crippen LogP contribution in [0.15, 0.2) is 11.4 Å². The van der Waals surface area contributed by atoms with Crippen molar-refractivity contribution in [3.63, 3.8) is 0 Å². The van der Waals surface area contributed by atoms with Crippen LogP contribution in [0, 0.1) is 11.8 Å². The van der Waals surface area contributed by atoms with Gasteiger partial charge in [0.25, 0.3) is 6.43 Å². The Bertz CT molecular complexity index is 640. The van der Waals surface area contributed by atoms with Gasteiger partial charge in [0.1, 0.15) is 6.17 Å². The fourth-order valence-corrected chi connectivity index (χ4v) is 5.22. The van der Waals surface area contributed by atoms with Crippen molar-refractivity contribution in [2.24, 2.45) is 11.8 Å². The Morgan fingerprint density at radius 2 is 2.20 bits per heavy atom. The number of nitrogens with one attached hydrogen (secondary N) is 2. The second kappa shape index (κ2) is 6.79. The Labute approximate surface area is 148 Å². The molecule has 1 aromatic rings. The van der Waals surface area contributed by atoms with E-state index in [1.807, 2.05) is 0 Å². The molecule has 4 rings (SSSR count). The van der Waals surface area contributed by atoms with Gasteiger partial charge in [0.05, 0.1) is 10.9 Å². The van der Waals surface area contributed by atoms with Crippen LogP contribution in [0.1, 0.15) is 30.6 Å². The first-order valence-electron chi connectivity index (χ1n) is 8.80. The lowest BCUT2D eigenvalue weighted by molar-refractivity contribution is -0.123. The molecule has 3 heterocycles. The number of thiophene rings is 1. The van der Waals surface area contributed by atoms with Gasteiger partial charge >= 0.3 is 0 Å². The molecule has 3 fully saturated rings. The average Bonchev–Trinajstić information content (AvgIpc) is 3.30. The maximum Gasteiger partial charge on any atom is 0.272 e. The fourth-order valence-electron chi connectivity index (χ4n) is 4.45. The minimum Gasteiger partial charge on any atom is -0.370 e. The molecule has 1 amide bonds. The molecule has 0 radical (unpaired) electrons. The smallest absolute Gasteiger partial charge is 0.272 e. The molecule has 8 heteroatoms. The zero-order valence-electron chi connectivity index (χ0n) is 13.8. The van der Waals surface area contributed by atoms with Crippen molar-refractivity contribution in [2.75, 3.05) is 24.5 Å². The SMILES string of the molecule is O=C(N[C@H]1CC[C@@H]2CN(c3csc(C(F)F)c3)C[C@@H]21)[C@@H]1CC(F)CN1. The number of hydrogen-bond donors (Lipinski definition) is 2. The maximum atomic E-state index is 13.3. The number of amides is 1. The highest BCUT2D eigenvalue weighted by atomic mass is 32.1. The van der Waals surface area contributed by atoms with Crippen LogP contribution in [0.25, 0.3) is 0 Å². The summed E-state index contributed by atoms with van der Waals surface area (Å²) in [6.07, 6.45) is -1.17. The van der Waals surface area contributed by atoms with Gasteiger partial charge in [-0.05, 0) is 24.8 Å². The van der Waals surface area contributed by atoms with E-state index in [2.05, 4.69) is 15.5 Å². The molecular formula is C17H22F3N3OS. The van der Waals surface area contributed by atoms with Crippen molar-refractivity contribution in [3.05, 3.63) is 16.3 Å². The number of hydrogen-bond acceptors (Lipinski definition) is 4. The van der Waals surface area contributed by atoms with Crippen molar-refractivity contribution < 1.29 is 18.0 Å². The third-order valence-corrected chi connectivity index (χ3v) is 6.69. The Morgan fingerprint density at radius 3 is 2.88 bits per heavy atom. The molecule has 0 bridgehead atoms. The van der Waals surface area contributed by atoms with Gasteiger partial charge in [0.15, 0.2) is 0 Å². The van der Waals surface area contributed by atoms with Crippen molar-refractivity contribution >= 4 is 22.9 Å².